The second-order valence-electron chi connectivity index (χ2n) is 7.98. The zero-order chi connectivity index (χ0) is 24.4. The maximum atomic E-state index is 14.9. The van der Waals surface area contributed by atoms with Crippen LogP contribution in [0.25, 0.3) is 11.0 Å². The normalized spacial score (nSPS) is 11.2. The molecule has 2 N–H and O–H groups in total. The maximum absolute atomic E-state index is 14.9. The summed E-state index contributed by atoms with van der Waals surface area (Å²) >= 11 is 0. The van der Waals surface area contributed by atoms with Crippen molar-refractivity contribution in [1.29, 1.82) is 0 Å². The number of hydrogen-bond donors (Lipinski definition) is 2. The SMILES string of the molecule is COCc1c(C(=O)Nc2ccc(Cn3nc(C)c(CC(=O)O)c3C)c(F)c2)oc2ccccc12. The van der Waals surface area contributed by atoms with Crippen LogP contribution >= 0.6 is 0 Å². The molecule has 0 aliphatic rings. The molecule has 0 spiro atoms. The molecule has 0 radical (unpaired) electrons. The van der Waals surface area contributed by atoms with Crippen molar-refractivity contribution in [3.8, 4) is 0 Å². The molecule has 0 fully saturated rings. The maximum Gasteiger partial charge on any atom is 0.307 e. The van der Waals surface area contributed by atoms with Crippen LogP contribution in [-0.4, -0.2) is 33.9 Å². The second kappa shape index (κ2) is 9.48. The van der Waals surface area contributed by atoms with Crippen molar-refractivity contribution in [3.05, 3.63) is 82.1 Å². The van der Waals surface area contributed by atoms with Gasteiger partial charge in [-0.05, 0) is 32.0 Å². The zero-order valence-electron chi connectivity index (χ0n) is 19.0. The summed E-state index contributed by atoms with van der Waals surface area (Å²) < 4.78 is 27.4. The molecule has 34 heavy (non-hydrogen) atoms. The highest BCUT2D eigenvalue weighted by molar-refractivity contribution is 6.06. The Kier molecular flexibility index (Phi) is 6.47. The van der Waals surface area contributed by atoms with E-state index in [-0.39, 0.29) is 31.0 Å². The number of benzene rings is 2. The standard InChI is InChI=1S/C25H24FN3O5/c1-14-19(11-23(30)31)15(2)29(28-14)12-16-8-9-17(10-21(16)26)27-25(32)24-20(13-33-3)18-6-4-5-7-22(18)34-24/h4-10H,11-13H2,1-3H3,(H,27,32)(H,30,31). The van der Waals surface area contributed by atoms with Gasteiger partial charge < -0.3 is 19.6 Å². The number of fused-ring (bicyclic) bond motifs is 1. The fraction of sp³-hybridized carbons (Fsp3) is 0.240. The molecule has 2 aromatic heterocycles. The summed E-state index contributed by atoms with van der Waals surface area (Å²) in [6.07, 6.45) is -0.141. The number of nitrogens with zero attached hydrogens (tertiary/aromatic N) is 2. The molecule has 0 aliphatic carbocycles. The lowest BCUT2D eigenvalue weighted by molar-refractivity contribution is -0.136. The summed E-state index contributed by atoms with van der Waals surface area (Å²) in [4.78, 5) is 24.0. The van der Waals surface area contributed by atoms with Crippen LogP contribution in [0.1, 0.15) is 38.6 Å². The highest BCUT2D eigenvalue weighted by Gasteiger charge is 2.21. The molecule has 4 aromatic rings. The van der Waals surface area contributed by atoms with Crippen molar-refractivity contribution in [2.24, 2.45) is 0 Å². The van der Waals surface area contributed by atoms with E-state index in [2.05, 4.69) is 10.4 Å². The van der Waals surface area contributed by atoms with Crippen molar-refractivity contribution < 1.29 is 28.2 Å². The van der Waals surface area contributed by atoms with E-state index in [1.165, 1.54) is 13.2 Å². The number of nitrogens with one attached hydrogen (secondary N) is 1. The third-order valence-electron chi connectivity index (χ3n) is 5.68. The topological polar surface area (TPSA) is 107 Å². The van der Waals surface area contributed by atoms with E-state index >= 15 is 0 Å². The van der Waals surface area contributed by atoms with Gasteiger partial charge in [0.05, 0.1) is 25.3 Å². The minimum atomic E-state index is -0.949. The smallest absolute Gasteiger partial charge is 0.307 e. The Balaban J connectivity index is 1.55. The number of methoxy groups -OCH3 is 1. The minimum Gasteiger partial charge on any atom is -0.481 e. The molecule has 176 valence electrons. The quantitative estimate of drug-likeness (QED) is 0.398. The van der Waals surface area contributed by atoms with Gasteiger partial charge in [0.25, 0.3) is 5.91 Å². The van der Waals surface area contributed by atoms with Gasteiger partial charge in [-0.3, -0.25) is 14.3 Å². The Morgan fingerprint density at radius 1 is 1.18 bits per heavy atom. The van der Waals surface area contributed by atoms with Crippen molar-refractivity contribution in [2.75, 3.05) is 12.4 Å². The number of furan rings is 1. The number of anilines is 1. The van der Waals surface area contributed by atoms with Crippen LogP contribution < -0.4 is 5.32 Å². The number of carboxylic acid groups (broad SMARTS) is 1. The molecule has 2 aromatic carbocycles. The number of aliphatic carboxylic acids is 1. The van der Waals surface area contributed by atoms with Crippen LogP contribution in [0, 0.1) is 19.7 Å². The van der Waals surface area contributed by atoms with Crippen LogP contribution in [0.2, 0.25) is 0 Å². The Hall–Kier alpha value is -3.98. The van der Waals surface area contributed by atoms with Crippen molar-refractivity contribution in [2.45, 2.75) is 33.4 Å². The highest BCUT2D eigenvalue weighted by atomic mass is 19.1. The molecule has 8 nitrogen and oxygen atoms in total. The van der Waals surface area contributed by atoms with E-state index in [1.54, 1.807) is 36.7 Å². The van der Waals surface area contributed by atoms with Crippen molar-refractivity contribution in [3.63, 3.8) is 0 Å². The van der Waals surface area contributed by atoms with Crippen LogP contribution in [0.4, 0.5) is 10.1 Å². The third kappa shape index (κ3) is 4.55. The molecule has 0 bridgehead atoms. The van der Waals surface area contributed by atoms with Crippen LogP contribution in [-0.2, 0) is 29.1 Å². The number of rotatable bonds is 8. The fourth-order valence-corrected chi connectivity index (χ4v) is 3.97. The molecule has 4 rings (SSSR count). The lowest BCUT2D eigenvalue weighted by atomic mass is 10.1. The number of carbonyl (C=O) groups excluding carboxylic acids is 1. The molecular formula is C25H24FN3O5. The number of halogens is 1. The second-order valence-corrected chi connectivity index (χ2v) is 7.98. The lowest BCUT2D eigenvalue weighted by Gasteiger charge is -2.10. The van der Waals surface area contributed by atoms with E-state index in [0.717, 1.165) is 5.39 Å². The number of ether oxygens (including phenoxy) is 1. The predicted molar refractivity (Wildman–Crippen MR) is 123 cm³/mol. The van der Waals surface area contributed by atoms with Gasteiger partial charge in [0.15, 0.2) is 5.76 Å². The van der Waals surface area contributed by atoms with Gasteiger partial charge in [-0.1, -0.05) is 24.3 Å². The molecule has 0 atom stereocenters. The van der Waals surface area contributed by atoms with Crippen LogP contribution in [0.3, 0.4) is 0 Å². The zero-order valence-corrected chi connectivity index (χ0v) is 19.0. The van der Waals surface area contributed by atoms with E-state index in [1.807, 2.05) is 18.2 Å². The van der Waals surface area contributed by atoms with Crippen molar-refractivity contribution >= 4 is 28.5 Å². The lowest BCUT2D eigenvalue weighted by Crippen LogP contribution is -2.14. The first kappa shape index (κ1) is 23.2. The van der Waals surface area contributed by atoms with E-state index in [4.69, 9.17) is 14.3 Å². The monoisotopic (exact) mass is 465 g/mol. The first-order valence-corrected chi connectivity index (χ1v) is 10.6. The highest BCUT2D eigenvalue weighted by Crippen LogP contribution is 2.28. The van der Waals surface area contributed by atoms with Gasteiger partial charge in [0.2, 0.25) is 0 Å². The Bertz CT molecular complexity index is 1390. The average molecular weight is 465 g/mol. The van der Waals surface area contributed by atoms with Gasteiger partial charge in [0, 0.05) is 40.6 Å². The van der Waals surface area contributed by atoms with E-state index in [9.17, 15) is 14.0 Å². The Labute approximate surface area is 194 Å². The number of carbonyl (C=O) groups is 2. The first-order valence-electron chi connectivity index (χ1n) is 10.6. The molecule has 0 saturated heterocycles. The largest absolute Gasteiger partial charge is 0.481 e. The summed E-state index contributed by atoms with van der Waals surface area (Å²) in [6, 6.07) is 11.7. The van der Waals surface area contributed by atoms with Crippen LogP contribution in [0.15, 0.2) is 46.9 Å². The minimum absolute atomic E-state index is 0.112. The summed E-state index contributed by atoms with van der Waals surface area (Å²) in [5.41, 5.74) is 3.70. The Morgan fingerprint density at radius 3 is 2.65 bits per heavy atom. The molecule has 9 heteroatoms. The van der Waals surface area contributed by atoms with Gasteiger partial charge in [-0.2, -0.15) is 5.10 Å². The fourth-order valence-electron chi connectivity index (χ4n) is 3.97. The molecule has 0 saturated carbocycles. The Morgan fingerprint density at radius 2 is 1.94 bits per heavy atom. The first-order chi connectivity index (χ1) is 16.3. The molecule has 0 aliphatic heterocycles. The van der Waals surface area contributed by atoms with Crippen molar-refractivity contribution in [1.82, 2.24) is 9.78 Å². The molecule has 1 amide bonds. The predicted octanol–water partition coefficient (Wildman–Crippen LogP) is 4.46. The number of amides is 1. The number of aromatic nitrogens is 2. The number of hydrogen-bond acceptors (Lipinski definition) is 5. The summed E-state index contributed by atoms with van der Waals surface area (Å²) in [5.74, 6) is -1.87. The van der Waals surface area contributed by atoms with E-state index < -0.39 is 17.7 Å². The molecule has 2 heterocycles. The van der Waals surface area contributed by atoms with Gasteiger partial charge in [-0.25, -0.2) is 4.39 Å². The molecule has 0 unspecified atom stereocenters. The average Bonchev–Trinajstić information content (AvgIpc) is 3.28. The third-order valence-corrected chi connectivity index (χ3v) is 5.68. The summed E-state index contributed by atoms with van der Waals surface area (Å²) in [7, 11) is 1.53. The summed E-state index contributed by atoms with van der Waals surface area (Å²) in [5, 5.41) is 16.9. The van der Waals surface area contributed by atoms with Gasteiger partial charge in [-0.15, -0.1) is 0 Å². The summed E-state index contributed by atoms with van der Waals surface area (Å²) in [6.45, 7) is 3.82. The number of aryl methyl sites for hydroxylation is 1. The van der Waals surface area contributed by atoms with Gasteiger partial charge in [0.1, 0.15) is 11.4 Å². The molecular weight excluding hydrogens is 441 g/mol. The number of carboxylic acids is 1. The van der Waals surface area contributed by atoms with Gasteiger partial charge >= 0.3 is 5.97 Å². The van der Waals surface area contributed by atoms with Crippen LogP contribution in [0.5, 0.6) is 0 Å². The van der Waals surface area contributed by atoms with E-state index in [0.29, 0.717) is 33.7 Å². The number of para-hydroxylation sites is 1.